The number of aromatic nitrogens is 3. The van der Waals surface area contributed by atoms with E-state index in [0.29, 0.717) is 40.7 Å². The van der Waals surface area contributed by atoms with Gasteiger partial charge in [-0.2, -0.15) is 5.10 Å². The summed E-state index contributed by atoms with van der Waals surface area (Å²) in [7, 11) is 4.87. The maximum absolute atomic E-state index is 13.3. The van der Waals surface area contributed by atoms with Crippen molar-refractivity contribution >= 4 is 46.0 Å². The number of pyridine rings is 1. The molecule has 0 bridgehead atoms. The molecule has 14 nitrogen and oxygen atoms in total. The first-order chi connectivity index (χ1) is 25.1. The van der Waals surface area contributed by atoms with E-state index >= 15 is 0 Å². The van der Waals surface area contributed by atoms with Gasteiger partial charge < -0.3 is 24.6 Å². The number of fused-ring (bicyclic) bond motifs is 1. The van der Waals surface area contributed by atoms with Crippen molar-refractivity contribution in [2.45, 2.75) is 51.5 Å². The Bertz CT molecular complexity index is 1950. The lowest BCUT2D eigenvalue weighted by Crippen LogP contribution is -2.49. The Labute approximate surface area is 303 Å². The molecule has 52 heavy (non-hydrogen) atoms. The Kier molecular flexibility index (Phi) is 11.3. The smallest absolute Gasteiger partial charge is 0.328 e. The number of rotatable bonds is 13. The molecule has 4 heterocycles. The molecule has 14 heteroatoms. The predicted molar refractivity (Wildman–Crippen MR) is 197 cm³/mol. The number of urea groups is 1. The average Bonchev–Trinajstić information content (AvgIpc) is 3.57. The highest BCUT2D eigenvalue weighted by Crippen LogP contribution is 2.33. The van der Waals surface area contributed by atoms with E-state index in [1.807, 2.05) is 37.4 Å². The van der Waals surface area contributed by atoms with E-state index in [4.69, 9.17) is 14.6 Å². The van der Waals surface area contributed by atoms with Gasteiger partial charge in [0.2, 0.25) is 5.91 Å². The number of methoxy groups -OCH3 is 2. The number of unbranched alkanes of at least 4 members (excludes halogenated alkanes) is 2. The second-order valence-corrected chi connectivity index (χ2v) is 13.3. The Balaban J connectivity index is 0.951. The minimum absolute atomic E-state index is 0.135. The Morgan fingerprint density at radius 1 is 0.981 bits per heavy atom. The number of benzene rings is 2. The third kappa shape index (κ3) is 8.34. The molecule has 2 aromatic carbocycles. The van der Waals surface area contributed by atoms with Crippen LogP contribution in [-0.2, 0) is 4.79 Å². The van der Waals surface area contributed by atoms with Gasteiger partial charge in [-0.25, -0.2) is 9.78 Å². The Morgan fingerprint density at radius 3 is 2.50 bits per heavy atom. The molecule has 0 unspecified atom stereocenters. The summed E-state index contributed by atoms with van der Waals surface area (Å²) in [6.45, 7) is 5.66. The lowest BCUT2D eigenvalue weighted by molar-refractivity contribution is -0.120. The van der Waals surface area contributed by atoms with Crippen LogP contribution in [0.15, 0.2) is 54.7 Å². The van der Waals surface area contributed by atoms with Crippen molar-refractivity contribution in [2.75, 3.05) is 64.2 Å². The fraction of sp³-hybridized carbons (Fsp3) is 0.421. The number of nitrogens with zero attached hydrogens (tertiary/aromatic N) is 6. The Morgan fingerprint density at radius 2 is 1.77 bits per heavy atom. The highest BCUT2D eigenvalue weighted by atomic mass is 16.5. The SMILES string of the molecule is COc1cc2nn(C3CCN(CCCCCN(C)C(=O)c4ccc(OC)c(N5CCC(=O)NC5=O)c4)CC3)cc2cc1NC(=O)c1cccc(C)n1. The summed E-state index contributed by atoms with van der Waals surface area (Å²) in [5.41, 5.74) is 3.43. The van der Waals surface area contributed by atoms with Gasteiger partial charge in [-0.05, 0) is 75.5 Å². The number of imide groups is 1. The molecule has 274 valence electrons. The molecule has 2 aromatic heterocycles. The van der Waals surface area contributed by atoms with Crippen LogP contribution in [-0.4, -0.2) is 102 Å². The van der Waals surface area contributed by atoms with Crippen molar-refractivity contribution in [3.8, 4) is 11.5 Å². The van der Waals surface area contributed by atoms with Crippen LogP contribution in [0.4, 0.5) is 16.2 Å². The number of aryl methyl sites for hydroxylation is 1. The molecule has 4 aromatic rings. The van der Waals surface area contributed by atoms with Gasteiger partial charge in [-0.3, -0.25) is 29.3 Å². The molecule has 2 aliphatic rings. The molecule has 0 spiro atoms. The molecule has 2 saturated heterocycles. The van der Waals surface area contributed by atoms with Crippen LogP contribution < -0.4 is 25.0 Å². The number of piperidine rings is 1. The van der Waals surface area contributed by atoms with Crippen molar-refractivity contribution in [3.63, 3.8) is 0 Å². The highest BCUT2D eigenvalue weighted by molar-refractivity contribution is 6.07. The van der Waals surface area contributed by atoms with Gasteiger partial charge in [0.25, 0.3) is 11.8 Å². The van der Waals surface area contributed by atoms with Crippen molar-refractivity contribution in [1.82, 2.24) is 29.9 Å². The maximum atomic E-state index is 13.3. The van der Waals surface area contributed by atoms with E-state index in [9.17, 15) is 19.2 Å². The van der Waals surface area contributed by atoms with Crippen molar-refractivity contribution in [1.29, 1.82) is 0 Å². The summed E-state index contributed by atoms with van der Waals surface area (Å²) in [6, 6.07) is 13.9. The third-order valence-electron chi connectivity index (χ3n) is 9.73. The average molecular weight is 711 g/mol. The fourth-order valence-corrected chi connectivity index (χ4v) is 6.80. The summed E-state index contributed by atoms with van der Waals surface area (Å²) >= 11 is 0. The summed E-state index contributed by atoms with van der Waals surface area (Å²) in [5, 5.41) is 11.1. The number of likely N-dealkylation sites (tertiary alicyclic amines) is 1. The highest BCUT2D eigenvalue weighted by Gasteiger charge is 2.28. The zero-order valence-electron chi connectivity index (χ0n) is 30.2. The lowest BCUT2D eigenvalue weighted by Gasteiger charge is -2.32. The number of nitrogens with one attached hydrogen (secondary N) is 2. The number of anilines is 2. The topological polar surface area (TPSA) is 151 Å². The van der Waals surface area contributed by atoms with Gasteiger partial charge in [0, 0.05) is 68.6 Å². The van der Waals surface area contributed by atoms with Crippen molar-refractivity contribution in [3.05, 3.63) is 71.7 Å². The molecule has 0 aliphatic carbocycles. The zero-order chi connectivity index (χ0) is 36.8. The van der Waals surface area contributed by atoms with Crippen LogP contribution in [0, 0.1) is 6.92 Å². The molecule has 2 fully saturated rings. The summed E-state index contributed by atoms with van der Waals surface area (Å²) < 4.78 is 13.1. The molecule has 2 aliphatic heterocycles. The minimum Gasteiger partial charge on any atom is -0.495 e. The first-order valence-electron chi connectivity index (χ1n) is 17.7. The molecule has 5 amide bonds. The molecule has 2 N–H and O–H groups in total. The van der Waals surface area contributed by atoms with Gasteiger partial charge in [-0.1, -0.05) is 12.5 Å². The lowest BCUT2D eigenvalue weighted by atomic mass is 10.0. The van der Waals surface area contributed by atoms with E-state index in [0.717, 1.165) is 68.3 Å². The van der Waals surface area contributed by atoms with Crippen molar-refractivity contribution in [2.24, 2.45) is 0 Å². The predicted octanol–water partition coefficient (Wildman–Crippen LogP) is 5.03. The van der Waals surface area contributed by atoms with Crippen LogP contribution in [0.2, 0.25) is 0 Å². The number of hydrogen-bond donors (Lipinski definition) is 2. The summed E-state index contributed by atoms with van der Waals surface area (Å²) in [6.07, 6.45) is 7.13. The number of carbonyl (C=O) groups is 4. The van der Waals surface area contributed by atoms with Crippen LogP contribution in [0.3, 0.4) is 0 Å². The summed E-state index contributed by atoms with van der Waals surface area (Å²) in [4.78, 5) is 60.1. The van der Waals surface area contributed by atoms with Crippen molar-refractivity contribution < 1.29 is 28.7 Å². The van der Waals surface area contributed by atoms with Crippen LogP contribution in [0.5, 0.6) is 11.5 Å². The van der Waals surface area contributed by atoms with Crippen LogP contribution in [0.1, 0.15) is 71.1 Å². The first-order valence-corrected chi connectivity index (χ1v) is 17.7. The van der Waals surface area contributed by atoms with E-state index in [-0.39, 0.29) is 36.7 Å². The van der Waals surface area contributed by atoms with Crippen LogP contribution >= 0.6 is 0 Å². The normalized spacial score (nSPS) is 15.4. The van der Waals surface area contributed by atoms with E-state index < -0.39 is 6.03 Å². The molecule has 0 saturated carbocycles. The molecule has 6 rings (SSSR count). The first kappa shape index (κ1) is 36.3. The Hall–Kier alpha value is -5.50. The standard InChI is InChI=1S/C38H46N8O6/c1-25-9-8-10-29(39-25)36(48)40-31-21-27-24-46(42-30(27)23-34(31)52-4)28-13-18-44(19-14-28)17-7-5-6-16-43(2)37(49)26-11-12-33(51-3)32(22-26)45-20-15-35(47)41-38(45)50/h8-12,21-24,28H,5-7,13-20H2,1-4H3,(H,40,48)(H,41,47,50). The second-order valence-electron chi connectivity index (χ2n) is 13.3. The molecular formula is C38H46N8O6. The molecule has 0 radical (unpaired) electrons. The largest absolute Gasteiger partial charge is 0.495 e. The zero-order valence-corrected chi connectivity index (χ0v) is 30.2. The number of carbonyl (C=O) groups excluding carboxylic acids is 4. The van der Waals surface area contributed by atoms with Gasteiger partial charge in [0.1, 0.15) is 17.2 Å². The van der Waals surface area contributed by atoms with E-state index in [1.165, 1.54) is 12.0 Å². The van der Waals surface area contributed by atoms with Gasteiger partial charge in [-0.15, -0.1) is 0 Å². The molecule has 0 atom stereocenters. The molecular weight excluding hydrogens is 664 g/mol. The monoisotopic (exact) mass is 710 g/mol. The van der Waals surface area contributed by atoms with Gasteiger partial charge in [0.15, 0.2) is 0 Å². The number of amides is 5. The quantitative estimate of drug-likeness (QED) is 0.182. The fourth-order valence-electron chi connectivity index (χ4n) is 6.80. The summed E-state index contributed by atoms with van der Waals surface area (Å²) in [5.74, 6) is 0.250. The second kappa shape index (κ2) is 16.2. The van der Waals surface area contributed by atoms with E-state index in [1.54, 1.807) is 43.3 Å². The van der Waals surface area contributed by atoms with Crippen LogP contribution in [0.25, 0.3) is 10.9 Å². The van der Waals surface area contributed by atoms with Gasteiger partial charge >= 0.3 is 6.03 Å². The third-order valence-corrected chi connectivity index (χ3v) is 9.73. The maximum Gasteiger partial charge on any atom is 0.328 e. The number of ether oxygens (including phenoxy) is 2. The number of hydrogen-bond acceptors (Lipinski definition) is 9. The van der Waals surface area contributed by atoms with E-state index in [2.05, 4.69) is 25.2 Å². The van der Waals surface area contributed by atoms with Gasteiger partial charge in [0.05, 0.1) is 37.2 Å². The minimum atomic E-state index is -0.526.